The van der Waals surface area contributed by atoms with E-state index in [1.54, 1.807) is 0 Å². The number of nitrogens with zero attached hydrogens (tertiary/aromatic N) is 1. The van der Waals surface area contributed by atoms with Gasteiger partial charge in [-0.25, -0.2) is 4.79 Å². The van der Waals surface area contributed by atoms with E-state index in [0.29, 0.717) is 0 Å². The van der Waals surface area contributed by atoms with Gasteiger partial charge in [0.25, 0.3) is 0 Å². The van der Waals surface area contributed by atoms with E-state index in [4.69, 9.17) is 0 Å². The maximum absolute atomic E-state index is 11.5. The van der Waals surface area contributed by atoms with Gasteiger partial charge in [-0.05, 0) is 6.07 Å². The van der Waals surface area contributed by atoms with Gasteiger partial charge in [0.2, 0.25) is 5.91 Å². The molecule has 0 spiro atoms. The Balaban J connectivity index is 2.89. The van der Waals surface area contributed by atoms with Crippen LogP contribution in [0.5, 0.6) is 0 Å². The number of aliphatic hydroxyl groups is 2. The first-order valence-corrected chi connectivity index (χ1v) is 5.60. The summed E-state index contributed by atoms with van der Waals surface area (Å²) in [5.41, 5.74) is 0.263. The SMILES string of the molecule is COC(=O)c1ccncc1C(O)C(O)CNC(C)=O. The molecule has 0 saturated heterocycles. The molecule has 0 bridgehead atoms. The molecule has 7 heteroatoms. The number of hydrogen-bond acceptors (Lipinski definition) is 6. The molecule has 0 aromatic carbocycles. The summed E-state index contributed by atoms with van der Waals surface area (Å²) in [5.74, 6) is -0.964. The van der Waals surface area contributed by atoms with Crippen LogP contribution in [0.3, 0.4) is 0 Å². The Morgan fingerprint density at radius 1 is 1.47 bits per heavy atom. The van der Waals surface area contributed by atoms with E-state index in [9.17, 15) is 19.8 Å². The molecule has 104 valence electrons. The Hall–Kier alpha value is -1.99. The molecule has 1 amide bonds. The second-order valence-electron chi connectivity index (χ2n) is 3.90. The Bertz CT molecular complexity index is 463. The predicted octanol–water partition coefficient (Wildman–Crippen LogP) is -0.601. The minimum Gasteiger partial charge on any atom is -0.465 e. The number of carbonyl (C=O) groups excluding carboxylic acids is 2. The van der Waals surface area contributed by atoms with Gasteiger partial charge in [-0.3, -0.25) is 9.78 Å². The minimum atomic E-state index is -1.35. The summed E-state index contributed by atoms with van der Waals surface area (Å²) in [6, 6.07) is 1.38. The number of amides is 1. The third-order valence-corrected chi connectivity index (χ3v) is 2.50. The van der Waals surface area contributed by atoms with Crippen molar-refractivity contribution in [3.8, 4) is 0 Å². The average molecular weight is 268 g/mol. The number of esters is 1. The number of rotatable bonds is 5. The normalized spacial score (nSPS) is 13.5. The summed E-state index contributed by atoms with van der Waals surface area (Å²) < 4.78 is 4.58. The zero-order valence-corrected chi connectivity index (χ0v) is 10.7. The lowest BCUT2D eigenvalue weighted by Crippen LogP contribution is -2.34. The molecule has 1 aromatic rings. The second-order valence-corrected chi connectivity index (χ2v) is 3.90. The molecule has 3 N–H and O–H groups in total. The maximum Gasteiger partial charge on any atom is 0.338 e. The summed E-state index contributed by atoms with van der Waals surface area (Å²) in [4.78, 5) is 26.0. The highest BCUT2D eigenvalue weighted by Gasteiger charge is 2.24. The van der Waals surface area contributed by atoms with E-state index in [2.05, 4.69) is 15.0 Å². The van der Waals surface area contributed by atoms with Crippen LogP contribution in [0.15, 0.2) is 18.5 Å². The smallest absolute Gasteiger partial charge is 0.338 e. The minimum absolute atomic E-state index is 0.117. The largest absolute Gasteiger partial charge is 0.465 e. The molecule has 0 fully saturated rings. The van der Waals surface area contributed by atoms with Gasteiger partial charge in [0, 0.05) is 31.4 Å². The lowest BCUT2D eigenvalue weighted by molar-refractivity contribution is -0.119. The Morgan fingerprint density at radius 2 is 2.16 bits per heavy atom. The molecule has 1 rings (SSSR count). The summed E-state index contributed by atoms with van der Waals surface area (Å²) in [7, 11) is 1.21. The molecule has 0 aliphatic heterocycles. The van der Waals surface area contributed by atoms with E-state index in [1.165, 1.54) is 32.5 Å². The molecule has 1 aromatic heterocycles. The van der Waals surface area contributed by atoms with Gasteiger partial charge in [0.15, 0.2) is 0 Å². The van der Waals surface area contributed by atoms with Gasteiger partial charge in [-0.15, -0.1) is 0 Å². The predicted molar refractivity (Wildman–Crippen MR) is 65.2 cm³/mol. The molecule has 0 aliphatic rings. The monoisotopic (exact) mass is 268 g/mol. The van der Waals surface area contributed by atoms with Crippen LogP contribution in [-0.2, 0) is 9.53 Å². The summed E-state index contributed by atoms with van der Waals surface area (Å²) in [6.07, 6.45) is 0.0440. The number of hydrogen-bond donors (Lipinski definition) is 3. The zero-order chi connectivity index (χ0) is 14.4. The fourth-order valence-electron chi connectivity index (χ4n) is 1.51. The van der Waals surface area contributed by atoms with E-state index in [1.807, 2.05) is 0 Å². The van der Waals surface area contributed by atoms with Crippen LogP contribution < -0.4 is 5.32 Å². The van der Waals surface area contributed by atoms with Gasteiger partial charge in [-0.1, -0.05) is 0 Å². The summed E-state index contributed by atoms with van der Waals surface area (Å²) in [5, 5.41) is 22.1. The van der Waals surface area contributed by atoms with Crippen LogP contribution in [0.2, 0.25) is 0 Å². The van der Waals surface area contributed by atoms with E-state index >= 15 is 0 Å². The standard InChI is InChI=1S/C12H16N2O5/c1-7(15)14-6-10(16)11(17)9-5-13-4-3-8(9)12(18)19-2/h3-5,10-11,16-17H,6H2,1-2H3,(H,14,15). The van der Waals surface area contributed by atoms with Crippen molar-refractivity contribution in [3.05, 3.63) is 29.6 Å². The van der Waals surface area contributed by atoms with Crippen LogP contribution in [0.25, 0.3) is 0 Å². The van der Waals surface area contributed by atoms with Gasteiger partial charge in [-0.2, -0.15) is 0 Å². The molecule has 0 aliphatic carbocycles. The molecule has 2 atom stereocenters. The number of pyridine rings is 1. The fourth-order valence-corrected chi connectivity index (χ4v) is 1.51. The number of aliphatic hydroxyl groups excluding tert-OH is 2. The molecule has 0 saturated carbocycles. The Kier molecular flexibility index (Phi) is 5.40. The molecule has 2 unspecified atom stereocenters. The zero-order valence-electron chi connectivity index (χ0n) is 10.7. The van der Waals surface area contributed by atoms with Gasteiger partial charge >= 0.3 is 5.97 Å². The third kappa shape index (κ3) is 4.01. The highest BCUT2D eigenvalue weighted by atomic mass is 16.5. The van der Waals surface area contributed by atoms with Crippen molar-refractivity contribution in [3.63, 3.8) is 0 Å². The van der Waals surface area contributed by atoms with Crippen molar-refractivity contribution in [2.45, 2.75) is 19.1 Å². The highest BCUT2D eigenvalue weighted by Crippen LogP contribution is 2.20. The van der Waals surface area contributed by atoms with E-state index in [-0.39, 0.29) is 23.6 Å². The van der Waals surface area contributed by atoms with Gasteiger partial charge in [0.05, 0.1) is 12.7 Å². The van der Waals surface area contributed by atoms with Crippen molar-refractivity contribution in [2.75, 3.05) is 13.7 Å². The Morgan fingerprint density at radius 3 is 2.74 bits per heavy atom. The second kappa shape index (κ2) is 6.81. The first-order chi connectivity index (χ1) is 8.97. The lowest BCUT2D eigenvalue weighted by atomic mass is 10.0. The molecule has 0 radical (unpaired) electrons. The van der Waals surface area contributed by atoms with Crippen molar-refractivity contribution in [1.29, 1.82) is 0 Å². The summed E-state index contributed by atoms with van der Waals surface area (Å²) >= 11 is 0. The van der Waals surface area contributed by atoms with Crippen LogP contribution in [0, 0.1) is 0 Å². The van der Waals surface area contributed by atoms with Crippen LogP contribution in [-0.4, -0.2) is 46.8 Å². The quantitative estimate of drug-likeness (QED) is 0.615. The van der Waals surface area contributed by atoms with Gasteiger partial charge in [0.1, 0.15) is 12.2 Å². The third-order valence-electron chi connectivity index (χ3n) is 2.50. The molecule has 1 heterocycles. The number of methoxy groups -OCH3 is 1. The topological polar surface area (TPSA) is 109 Å². The number of carbonyl (C=O) groups is 2. The van der Waals surface area contributed by atoms with Crippen molar-refractivity contribution in [2.24, 2.45) is 0 Å². The van der Waals surface area contributed by atoms with Gasteiger partial charge < -0.3 is 20.3 Å². The Labute approximate surface area is 110 Å². The maximum atomic E-state index is 11.5. The first-order valence-electron chi connectivity index (χ1n) is 5.60. The lowest BCUT2D eigenvalue weighted by Gasteiger charge is -2.19. The molecule has 19 heavy (non-hydrogen) atoms. The van der Waals surface area contributed by atoms with Crippen molar-refractivity contribution in [1.82, 2.24) is 10.3 Å². The highest BCUT2D eigenvalue weighted by molar-refractivity contribution is 5.90. The molecule has 7 nitrogen and oxygen atoms in total. The fraction of sp³-hybridized carbons (Fsp3) is 0.417. The molecular formula is C12H16N2O5. The number of aromatic nitrogens is 1. The van der Waals surface area contributed by atoms with E-state index in [0.717, 1.165) is 0 Å². The average Bonchev–Trinajstić information content (AvgIpc) is 2.42. The van der Waals surface area contributed by atoms with Crippen LogP contribution in [0.1, 0.15) is 28.9 Å². The van der Waals surface area contributed by atoms with Crippen molar-refractivity contribution >= 4 is 11.9 Å². The number of nitrogens with one attached hydrogen (secondary N) is 1. The molecular weight excluding hydrogens is 252 g/mol. The number of ether oxygens (including phenoxy) is 1. The van der Waals surface area contributed by atoms with Crippen LogP contribution >= 0.6 is 0 Å². The summed E-state index contributed by atoms with van der Waals surface area (Å²) in [6.45, 7) is 1.16. The van der Waals surface area contributed by atoms with Crippen molar-refractivity contribution < 1.29 is 24.5 Å². The van der Waals surface area contributed by atoms with Crippen LogP contribution in [0.4, 0.5) is 0 Å². The first kappa shape index (κ1) is 15.1. The van der Waals surface area contributed by atoms with E-state index < -0.39 is 18.2 Å².